The Bertz CT molecular complexity index is 466. The molecule has 0 saturated heterocycles. The van der Waals surface area contributed by atoms with Crippen molar-refractivity contribution < 1.29 is 19.0 Å². The number of hydrogen-bond acceptors (Lipinski definition) is 3. The zero-order valence-corrected chi connectivity index (χ0v) is 13.2. The zero-order valence-electron chi connectivity index (χ0n) is 11.6. The van der Waals surface area contributed by atoms with Gasteiger partial charge in [0.25, 0.3) is 0 Å². The normalized spacial score (nSPS) is 10.8. The molecule has 1 aromatic rings. The number of ether oxygens (including phenoxy) is 1. The number of halogens is 2. The van der Waals surface area contributed by atoms with Crippen LogP contribution in [0.4, 0.5) is 10.1 Å². The van der Waals surface area contributed by atoms with Crippen molar-refractivity contribution in [1.29, 1.82) is 0 Å². The van der Waals surface area contributed by atoms with Crippen LogP contribution in [-0.2, 0) is 4.74 Å². The van der Waals surface area contributed by atoms with E-state index in [0.29, 0.717) is 25.7 Å². The third kappa shape index (κ3) is 5.09. The highest BCUT2D eigenvalue weighted by Crippen LogP contribution is 2.27. The number of carboxylic acids is 1. The minimum Gasteiger partial charge on any atom is -0.478 e. The van der Waals surface area contributed by atoms with E-state index in [9.17, 15) is 9.18 Å². The van der Waals surface area contributed by atoms with Crippen molar-refractivity contribution in [2.24, 2.45) is 5.92 Å². The molecule has 0 radical (unpaired) electrons. The van der Waals surface area contributed by atoms with Gasteiger partial charge in [-0.05, 0) is 40.4 Å². The number of benzene rings is 1. The number of carboxylic acid groups (broad SMARTS) is 1. The maximum absolute atomic E-state index is 13.9. The van der Waals surface area contributed by atoms with Gasteiger partial charge in [0, 0.05) is 19.8 Å². The number of nitrogens with one attached hydrogen (secondary N) is 1. The second-order valence-electron chi connectivity index (χ2n) is 4.84. The third-order valence-electron chi connectivity index (χ3n) is 2.54. The molecule has 0 aliphatic carbocycles. The Morgan fingerprint density at radius 2 is 2.20 bits per heavy atom. The Labute approximate surface area is 126 Å². The Hall–Kier alpha value is -1.14. The highest BCUT2D eigenvalue weighted by molar-refractivity contribution is 9.10. The molecule has 0 amide bonds. The monoisotopic (exact) mass is 347 g/mol. The molecule has 0 fully saturated rings. The summed E-state index contributed by atoms with van der Waals surface area (Å²) in [6.07, 6.45) is 0.754. The number of anilines is 1. The molecule has 0 unspecified atom stereocenters. The van der Waals surface area contributed by atoms with Crippen LogP contribution >= 0.6 is 15.9 Å². The van der Waals surface area contributed by atoms with Crippen molar-refractivity contribution in [2.75, 3.05) is 25.1 Å². The van der Waals surface area contributed by atoms with Gasteiger partial charge < -0.3 is 15.2 Å². The molecule has 0 aliphatic rings. The number of carbonyl (C=O) groups is 1. The summed E-state index contributed by atoms with van der Waals surface area (Å²) >= 11 is 2.96. The SMILES string of the molecule is CC(C)COCCCNc1ccc(C(=O)O)c(Br)c1F. The first-order chi connectivity index (χ1) is 9.43. The van der Waals surface area contributed by atoms with E-state index < -0.39 is 11.8 Å². The zero-order chi connectivity index (χ0) is 15.1. The van der Waals surface area contributed by atoms with E-state index in [-0.39, 0.29) is 15.7 Å². The predicted molar refractivity (Wildman–Crippen MR) is 79.8 cm³/mol. The second kappa shape index (κ2) is 8.21. The summed E-state index contributed by atoms with van der Waals surface area (Å²) in [6, 6.07) is 2.80. The summed E-state index contributed by atoms with van der Waals surface area (Å²) in [6.45, 7) is 6.05. The molecule has 4 nitrogen and oxygen atoms in total. The average Bonchev–Trinajstić information content (AvgIpc) is 2.37. The molecule has 1 aromatic carbocycles. The summed E-state index contributed by atoms with van der Waals surface area (Å²) < 4.78 is 19.3. The van der Waals surface area contributed by atoms with E-state index in [1.54, 1.807) is 0 Å². The van der Waals surface area contributed by atoms with E-state index in [1.165, 1.54) is 12.1 Å². The highest BCUT2D eigenvalue weighted by Gasteiger charge is 2.15. The summed E-state index contributed by atoms with van der Waals surface area (Å²) in [5, 5.41) is 11.8. The van der Waals surface area contributed by atoms with Gasteiger partial charge in [0.05, 0.1) is 15.7 Å². The van der Waals surface area contributed by atoms with Gasteiger partial charge in [0.1, 0.15) is 0 Å². The quantitative estimate of drug-likeness (QED) is 0.703. The summed E-state index contributed by atoms with van der Waals surface area (Å²) in [5.74, 6) is -1.25. The van der Waals surface area contributed by atoms with Crippen molar-refractivity contribution in [2.45, 2.75) is 20.3 Å². The molecule has 0 spiro atoms. The van der Waals surface area contributed by atoms with Gasteiger partial charge in [-0.25, -0.2) is 9.18 Å². The molecule has 6 heteroatoms. The first-order valence-corrected chi connectivity index (χ1v) is 7.25. The lowest BCUT2D eigenvalue weighted by Crippen LogP contribution is -2.10. The van der Waals surface area contributed by atoms with Crippen molar-refractivity contribution in [3.05, 3.63) is 28.0 Å². The number of aromatic carboxylic acids is 1. The largest absolute Gasteiger partial charge is 0.478 e. The lowest BCUT2D eigenvalue weighted by atomic mass is 10.2. The van der Waals surface area contributed by atoms with Gasteiger partial charge in [0.2, 0.25) is 0 Å². The van der Waals surface area contributed by atoms with E-state index in [4.69, 9.17) is 9.84 Å². The van der Waals surface area contributed by atoms with Gasteiger partial charge in [-0.2, -0.15) is 0 Å². The van der Waals surface area contributed by atoms with Crippen LogP contribution in [0.1, 0.15) is 30.6 Å². The molecule has 0 aliphatic heterocycles. The molecule has 0 atom stereocenters. The van der Waals surface area contributed by atoms with Crippen LogP contribution in [0.15, 0.2) is 16.6 Å². The standard InChI is InChI=1S/C14H19BrFNO3/c1-9(2)8-20-7-3-6-17-11-5-4-10(14(18)19)12(15)13(11)16/h4-5,9,17H,3,6-8H2,1-2H3,(H,18,19). The topological polar surface area (TPSA) is 58.6 Å². The maximum atomic E-state index is 13.9. The van der Waals surface area contributed by atoms with Crippen LogP contribution < -0.4 is 5.32 Å². The highest BCUT2D eigenvalue weighted by atomic mass is 79.9. The van der Waals surface area contributed by atoms with E-state index in [1.807, 2.05) is 0 Å². The fourth-order valence-corrected chi connectivity index (χ4v) is 2.08. The minimum absolute atomic E-state index is 0.0361. The van der Waals surface area contributed by atoms with E-state index in [2.05, 4.69) is 35.1 Å². The first-order valence-electron chi connectivity index (χ1n) is 6.46. The van der Waals surface area contributed by atoms with Crippen molar-refractivity contribution in [1.82, 2.24) is 0 Å². The first kappa shape index (κ1) is 16.9. The van der Waals surface area contributed by atoms with Gasteiger partial charge in [0.15, 0.2) is 5.82 Å². The Morgan fingerprint density at radius 3 is 2.80 bits per heavy atom. The van der Waals surface area contributed by atoms with Crippen LogP contribution in [0.2, 0.25) is 0 Å². The van der Waals surface area contributed by atoms with Crippen molar-refractivity contribution in [3.8, 4) is 0 Å². The molecular formula is C14H19BrFNO3. The Balaban J connectivity index is 2.45. The molecule has 0 aromatic heterocycles. The average molecular weight is 348 g/mol. The fraction of sp³-hybridized carbons (Fsp3) is 0.500. The molecular weight excluding hydrogens is 329 g/mol. The maximum Gasteiger partial charge on any atom is 0.336 e. The Morgan fingerprint density at radius 1 is 1.50 bits per heavy atom. The lowest BCUT2D eigenvalue weighted by molar-refractivity contribution is 0.0695. The van der Waals surface area contributed by atoms with Gasteiger partial charge in [-0.15, -0.1) is 0 Å². The summed E-state index contributed by atoms with van der Waals surface area (Å²) in [4.78, 5) is 10.8. The molecule has 1 rings (SSSR count). The van der Waals surface area contributed by atoms with Crippen LogP contribution in [-0.4, -0.2) is 30.8 Å². The molecule has 2 N–H and O–H groups in total. The van der Waals surface area contributed by atoms with E-state index in [0.717, 1.165) is 6.42 Å². The van der Waals surface area contributed by atoms with Crippen molar-refractivity contribution >= 4 is 27.6 Å². The summed E-state index contributed by atoms with van der Waals surface area (Å²) in [5.41, 5.74) is 0.194. The number of hydrogen-bond donors (Lipinski definition) is 2. The van der Waals surface area contributed by atoms with Crippen LogP contribution in [0.25, 0.3) is 0 Å². The molecule has 0 heterocycles. The molecule has 0 saturated carbocycles. The number of rotatable bonds is 8. The van der Waals surface area contributed by atoms with Crippen molar-refractivity contribution in [3.63, 3.8) is 0 Å². The fourth-order valence-electron chi connectivity index (χ4n) is 1.57. The smallest absolute Gasteiger partial charge is 0.336 e. The predicted octanol–water partition coefficient (Wildman–Crippen LogP) is 3.76. The van der Waals surface area contributed by atoms with Crippen LogP contribution in [0.5, 0.6) is 0 Å². The second-order valence-corrected chi connectivity index (χ2v) is 5.64. The van der Waals surface area contributed by atoms with Crippen LogP contribution in [0.3, 0.4) is 0 Å². The molecule has 112 valence electrons. The van der Waals surface area contributed by atoms with Gasteiger partial charge >= 0.3 is 5.97 Å². The summed E-state index contributed by atoms with van der Waals surface area (Å²) in [7, 11) is 0. The van der Waals surface area contributed by atoms with Gasteiger partial charge in [-0.3, -0.25) is 0 Å². The third-order valence-corrected chi connectivity index (χ3v) is 3.32. The van der Waals surface area contributed by atoms with Crippen LogP contribution in [0, 0.1) is 11.7 Å². The Kier molecular flexibility index (Phi) is 6.95. The molecule has 0 bridgehead atoms. The minimum atomic E-state index is -1.16. The lowest BCUT2D eigenvalue weighted by Gasteiger charge is -2.11. The van der Waals surface area contributed by atoms with E-state index >= 15 is 0 Å². The van der Waals surface area contributed by atoms with Gasteiger partial charge in [-0.1, -0.05) is 13.8 Å². The molecule has 20 heavy (non-hydrogen) atoms.